The number of nitrogens with zero attached hydrogens (tertiary/aromatic N) is 2. The summed E-state index contributed by atoms with van der Waals surface area (Å²) in [6, 6.07) is 1.66. The fraction of sp³-hybridized carbons (Fsp3) is 0.536. The molecule has 3 aliphatic rings. The van der Waals surface area contributed by atoms with E-state index in [-0.39, 0.29) is 36.7 Å². The number of pyridine rings is 1. The average Bonchev–Trinajstić information content (AvgIpc) is 3.51. The van der Waals surface area contributed by atoms with E-state index in [1.54, 1.807) is 0 Å². The minimum Gasteiger partial charge on any atom is -0.354 e. The highest BCUT2D eigenvalue weighted by atomic mass is 16.2. The number of Topliss-reactive ketones (excluding diaryl/α,β-unsaturated/α-hetero) is 1. The number of imidazole rings is 1. The molecule has 2 heterocycles. The lowest BCUT2D eigenvalue weighted by atomic mass is 9.45. The molecule has 220 valence electrons. The number of likely N-dealkylation sites (N-methyl/N-ethyl adjacent to an activating group) is 1. The molecule has 0 aromatic carbocycles. The number of fused-ring (bicyclic) bond motifs is 2. The monoisotopic (exact) mass is 567 g/mol. The van der Waals surface area contributed by atoms with Gasteiger partial charge in [0, 0.05) is 26.2 Å². The van der Waals surface area contributed by atoms with Crippen LogP contribution in [0.4, 0.5) is 5.69 Å². The third-order valence-electron chi connectivity index (χ3n) is 8.66. The normalized spacial score (nSPS) is 21.1. The maximum atomic E-state index is 13.1. The highest BCUT2D eigenvalue weighted by Gasteiger charge is 2.53. The summed E-state index contributed by atoms with van der Waals surface area (Å²) in [6.07, 6.45) is 6.97. The summed E-state index contributed by atoms with van der Waals surface area (Å²) < 4.78 is 1.20. The van der Waals surface area contributed by atoms with Gasteiger partial charge < -0.3 is 30.8 Å². The Labute approximate surface area is 237 Å². The Kier molecular flexibility index (Phi) is 9.04. The fourth-order valence-electron chi connectivity index (χ4n) is 6.05. The molecule has 3 fully saturated rings. The largest absolute Gasteiger partial charge is 0.354 e. The van der Waals surface area contributed by atoms with Crippen molar-refractivity contribution < 1.29 is 24.0 Å². The molecule has 41 heavy (non-hydrogen) atoms. The van der Waals surface area contributed by atoms with Crippen molar-refractivity contribution in [1.82, 2.24) is 30.5 Å². The zero-order chi connectivity index (χ0) is 29.7. The predicted molar refractivity (Wildman–Crippen MR) is 149 cm³/mol. The molecule has 0 radical (unpaired) electrons. The lowest BCUT2D eigenvalue weighted by molar-refractivity contribution is -0.137. The molecule has 1 unspecified atom stereocenters. The number of aromatic nitrogens is 3. The fourth-order valence-corrected chi connectivity index (χ4v) is 6.05. The van der Waals surface area contributed by atoms with E-state index < -0.39 is 35.1 Å². The molecule has 4 amide bonds. The molecular formula is C28H37N7O6. The molecule has 2 aromatic heterocycles. The van der Waals surface area contributed by atoms with E-state index in [1.807, 2.05) is 0 Å². The third-order valence-corrected chi connectivity index (χ3v) is 8.66. The highest BCUT2D eigenvalue weighted by molar-refractivity contribution is 6.36. The van der Waals surface area contributed by atoms with Crippen molar-refractivity contribution in [3.8, 4) is 0 Å². The number of hydrogen-bond donors (Lipinski definition) is 5. The molecule has 3 saturated carbocycles. The van der Waals surface area contributed by atoms with Gasteiger partial charge in [0.05, 0.1) is 12.5 Å². The van der Waals surface area contributed by atoms with E-state index in [2.05, 4.69) is 45.1 Å². The first-order valence-corrected chi connectivity index (χ1v) is 13.8. The first-order valence-electron chi connectivity index (χ1n) is 13.8. The number of nitrogens with one attached hydrogen (secondary N) is 5. The van der Waals surface area contributed by atoms with Crippen LogP contribution in [-0.2, 0) is 25.7 Å². The summed E-state index contributed by atoms with van der Waals surface area (Å²) in [4.78, 5) is 81.5. The van der Waals surface area contributed by atoms with E-state index in [1.165, 1.54) is 55.3 Å². The lowest BCUT2D eigenvalue weighted by Gasteiger charge is -2.60. The maximum Gasteiger partial charge on any atom is 0.287 e. The minimum atomic E-state index is -1.25. The topological polar surface area (TPSA) is 184 Å². The average molecular weight is 568 g/mol. The number of carbonyl (C=O) groups excluding carboxylic acids is 5. The zero-order valence-corrected chi connectivity index (χ0v) is 23.5. The number of rotatable bonds is 12. The van der Waals surface area contributed by atoms with Crippen molar-refractivity contribution in [2.75, 3.05) is 18.9 Å². The van der Waals surface area contributed by atoms with E-state index in [0.29, 0.717) is 23.8 Å². The number of hydrogen-bond acceptors (Lipinski definition) is 7. The van der Waals surface area contributed by atoms with Crippen molar-refractivity contribution in [2.45, 2.75) is 58.5 Å². The number of carbonyl (C=O) groups is 5. The second-order valence-electron chi connectivity index (χ2n) is 11.4. The number of amides is 4. The Bertz CT molecular complexity index is 1360. The van der Waals surface area contributed by atoms with Gasteiger partial charge in [0.15, 0.2) is 0 Å². The molecule has 2 bridgehead atoms. The Morgan fingerprint density at radius 1 is 1.20 bits per heavy atom. The van der Waals surface area contributed by atoms with Crippen LogP contribution in [-0.4, -0.2) is 63.6 Å². The smallest absolute Gasteiger partial charge is 0.287 e. The predicted octanol–water partition coefficient (Wildman–Crippen LogP) is 0.592. The summed E-state index contributed by atoms with van der Waals surface area (Å²) in [5.74, 6) is -1.52. The molecule has 0 saturated heterocycles. The Morgan fingerprint density at radius 3 is 2.63 bits per heavy atom. The standard InChI is InChI=1S/C28H37N7O6/c1-28(2)17-7-6-16(18(28)11-17)12-31-23(37)14-35-10-4-5-20(27(35)41)34-24(38)19(8-9-22(36)26(40)29-3)33-25(39)21-13-30-15-32-21/h4-5,10,13,15-19H,6-9,11-12,14H2,1-3H3,(H,29,40)(H,30,32)(H,31,37)(H,33,39)(H,34,38)/t16-,17+,18?,19-/m0/s1. The lowest BCUT2D eigenvalue weighted by Crippen LogP contribution is -2.54. The third kappa shape index (κ3) is 6.72. The molecule has 4 atom stereocenters. The van der Waals surface area contributed by atoms with Crippen molar-refractivity contribution in [3.05, 3.63) is 46.9 Å². The molecule has 13 nitrogen and oxygen atoms in total. The van der Waals surface area contributed by atoms with Crippen LogP contribution in [0.2, 0.25) is 0 Å². The Balaban J connectivity index is 1.38. The van der Waals surface area contributed by atoms with Crippen LogP contribution in [0.3, 0.4) is 0 Å². The van der Waals surface area contributed by atoms with Crippen molar-refractivity contribution in [3.63, 3.8) is 0 Å². The van der Waals surface area contributed by atoms with Gasteiger partial charge in [-0.05, 0) is 61.0 Å². The molecule has 5 rings (SSSR count). The van der Waals surface area contributed by atoms with Gasteiger partial charge in [0.1, 0.15) is 24.0 Å². The summed E-state index contributed by atoms with van der Waals surface area (Å²) in [5, 5.41) is 10.2. The Hall–Kier alpha value is -4.29. The SMILES string of the molecule is CNC(=O)C(=O)CC[C@H](NC(=O)c1cnc[nH]1)C(=O)Nc1cccn(CC(=O)NC[C@@H]2CC[C@@H]3CC2C3(C)C)c1=O. The van der Waals surface area contributed by atoms with Gasteiger partial charge in [-0.2, -0.15) is 0 Å². The van der Waals surface area contributed by atoms with Gasteiger partial charge in [-0.1, -0.05) is 13.8 Å². The van der Waals surface area contributed by atoms with Gasteiger partial charge in [-0.3, -0.25) is 28.8 Å². The molecule has 0 spiro atoms. The van der Waals surface area contributed by atoms with Gasteiger partial charge in [-0.25, -0.2) is 4.98 Å². The van der Waals surface area contributed by atoms with Gasteiger partial charge in [0.2, 0.25) is 17.6 Å². The van der Waals surface area contributed by atoms with E-state index >= 15 is 0 Å². The maximum absolute atomic E-state index is 13.1. The first-order chi connectivity index (χ1) is 19.5. The summed E-state index contributed by atoms with van der Waals surface area (Å²) >= 11 is 0. The summed E-state index contributed by atoms with van der Waals surface area (Å²) in [6.45, 7) is 4.95. The second-order valence-corrected chi connectivity index (χ2v) is 11.4. The van der Waals surface area contributed by atoms with Crippen LogP contribution < -0.4 is 26.8 Å². The first kappa shape index (κ1) is 29.7. The molecule has 2 aromatic rings. The molecular weight excluding hydrogens is 530 g/mol. The number of H-pyrrole nitrogens is 1. The van der Waals surface area contributed by atoms with Crippen LogP contribution in [0, 0.1) is 23.2 Å². The van der Waals surface area contributed by atoms with E-state index in [9.17, 15) is 28.8 Å². The zero-order valence-electron chi connectivity index (χ0n) is 23.5. The molecule has 0 aliphatic heterocycles. The van der Waals surface area contributed by atoms with Crippen LogP contribution in [0.25, 0.3) is 0 Å². The summed E-state index contributed by atoms with van der Waals surface area (Å²) in [7, 11) is 1.31. The van der Waals surface area contributed by atoms with Gasteiger partial charge in [-0.15, -0.1) is 0 Å². The van der Waals surface area contributed by atoms with Crippen molar-refractivity contribution in [2.24, 2.45) is 23.2 Å². The van der Waals surface area contributed by atoms with Crippen molar-refractivity contribution >= 4 is 35.1 Å². The number of aromatic amines is 1. The van der Waals surface area contributed by atoms with Gasteiger partial charge in [0.25, 0.3) is 17.4 Å². The molecule has 13 heteroatoms. The van der Waals surface area contributed by atoms with Crippen LogP contribution >= 0.6 is 0 Å². The van der Waals surface area contributed by atoms with E-state index in [4.69, 9.17) is 0 Å². The van der Waals surface area contributed by atoms with Gasteiger partial charge >= 0.3 is 0 Å². The minimum absolute atomic E-state index is 0.0856. The Morgan fingerprint density at radius 2 is 1.98 bits per heavy atom. The number of ketones is 1. The molecule has 5 N–H and O–H groups in total. The van der Waals surface area contributed by atoms with E-state index in [0.717, 1.165) is 12.3 Å². The second kappa shape index (κ2) is 12.5. The highest BCUT2D eigenvalue weighted by Crippen LogP contribution is 2.61. The van der Waals surface area contributed by atoms with Crippen LogP contribution in [0.15, 0.2) is 35.6 Å². The van der Waals surface area contributed by atoms with Crippen LogP contribution in [0.1, 0.15) is 56.4 Å². The number of anilines is 1. The molecule has 3 aliphatic carbocycles. The quantitative estimate of drug-likeness (QED) is 0.232. The summed E-state index contributed by atoms with van der Waals surface area (Å²) in [5.41, 5.74) is -0.305. The van der Waals surface area contributed by atoms with Crippen LogP contribution in [0.5, 0.6) is 0 Å². The van der Waals surface area contributed by atoms with Crippen molar-refractivity contribution in [1.29, 1.82) is 0 Å².